The highest BCUT2D eigenvalue weighted by Gasteiger charge is 2.38. The predicted molar refractivity (Wildman–Crippen MR) is 88.4 cm³/mol. The Morgan fingerprint density at radius 1 is 1.28 bits per heavy atom. The summed E-state index contributed by atoms with van der Waals surface area (Å²) in [4.78, 5) is 37.8. The van der Waals surface area contributed by atoms with Gasteiger partial charge in [0.25, 0.3) is 0 Å². The predicted octanol–water partition coefficient (Wildman–Crippen LogP) is 2.34. The van der Waals surface area contributed by atoms with E-state index < -0.39 is 17.7 Å². The lowest BCUT2D eigenvalue weighted by atomic mass is 10.1. The molecule has 0 aromatic heterocycles. The molecule has 0 spiro atoms. The van der Waals surface area contributed by atoms with Gasteiger partial charge in [-0.2, -0.15) is 0 Å². The molecule has 25 heavy (non-hydrogen) atoms. The van der Waals surface area contributed by atoms with Gasteiger partial charge in [-0.05, 0) is 31.0 Å². The number of hydrogen-bond donors (Lipinski definition) is 1. The van der Waals surface area contributed by atoms with Gasteiger partial charge in [-0.3, -0.25) is 9.59 Å². The smallest absolute Gasteiger partial charge is 0.337 e. The van der Waals surface area contributed by atoms with Crippen molar-refractivity contribution in [2.24, 2.45) is 5.92 Å². The molecule has 3 rings (SSSR count). The van der Waals surface area contributed by atoms with Crippen molar-refractivity contribution in [3.8, 4) is 0 Å². The Morgan fingerprint density at radius 2 is 2.00 bits per heavy atom. The first-order chi connectivity index (χ1) is 12.0. The van der Waals surface area contributed by atoms with Crippen LogP contribution in [0.3, 0.4) is 0 Å². The molecule has 134 valence electrons. The zero-order chi connectivity index (χ0) is 18.0. The van der Waals surface area contributed by atoms with E-state index in [0.29, 0.717) is 6.54 Å². The van der Waals surface area contributed by atoms with Gasteiger partial charge < -0.3 is 15.0 Å². The summed E-state index contributed by atoms with van der Waals surface area (Å²) in [5.41, 5.74) is 0.0610. The van der Waals surface area contributed by atoms with Crippen molar-refractivity contribution in [3.63, 3.8) is 0 Å². The van der Waals surface area contributed by atoms with E-state index in [-0.39, 0.29) is 35.5 Å². The Morgan fingerprint density at radius 3 is 2.64 bits per heavy atom. The maximum absolute atomic E-state index is 14.1. The van der Waals surface area contributed by atoms with Gasteiger partial charge in [0.2, 0.25) is 11.8 Å². The van der Waals surface area contributed by atoms with E-state index in [9.17, 15) is 18.8 Å². The minimum Gasteiger partial charge on any atom is -0.465 e. The Balaban J connectivity index is 1.64. The van der Waals surface area contributed by atoms with Crippen LogP contribution in [0.2, 0.25) is 0 Å². The summed E-state index contributed by atoms with van der Waals surface area (Å²) in [6, 6.07) is 3.97. The summed E-state index contributed by atoms with van der Waals surface area (Å²) in [7, 11) is 1.21. The largest absolute Gasteiger partial charge is 0.465 e. The third kappa shape index (κ3) is 3.65. The Kier molecular flexibility index (Phi) is 5.01. The number of rotatable bonds is 4. The summed E-state index contributed by atoms with van der Waals surface area (Å²) in [5.74, 6) is -2.22. The second kappa shape index (κ2) is 7.21. The van der Waals surface area contributed by atoms with Gasteiger partial charge in [0, 0.05) is 19.0 Å². The van der Waals surface area contributed by atoms with Gasteiger partial charge in [-0.25, -0.2) is 9.18 Å². The number of esters is 1. The molecular formula is C18H21FN2O4. The number of nitrogens with zero attached hydrogens (tertiary/aromatic N) is 1. The summed E-state index contributed by atoms with van der Waals surface area (Å²) >= 11 is 0. The van der Waals surface area contributed by atoms with Crippen molar-refractivity contribution >= 4 is 23.5 Å². The lowest BCUT2D eigenvalue weighted by molar-refractivity contribution is -0.129. The van der Waals surface area contributed by atoms with Gasteiger partial charge in [0.05, 0.1) is 24.3 Å². The minimum atomic E-state index is -0.715. The Hall–Kier alpha value is -2.44. The van der Waals surface area contributed by atoms with E-state index in [1.807, 2.05) is 0 Å². The number of halogens is 1. The van der Waals surface area contributed by atoms with Crippen LogP contribution in [-0.2, 0) is 14.3 Å². The van der Waals surface area contributed by atoms with Crippen LogP contribution in [0.1, 0.15) is 42.5 Å². The molecule has 1 heterocycles. The number of anilines is 1. The monoisotopic (exact) mass is 348 g/mol. The molecule has 1 aromatic rings. The topological polar surface area (TPSA) is 75.7 Å². The van der Waals surface area contributed by atoms with Gasteiger partial charge in [-0.15, -0.1) is 0 Å². The third-order valence-corrected chi connectivity index (χ3v) is 4.94. The van der Waals surface area contributed by atoms with Crippen molar-refractivity contribution in [2.75, 3.05) is 19.0 Å². The second-order valence-electron chi connectivity index (χ2n) is 6.56. The lowest BCUT2D eigenvalue weighted by Crippen LogP contribution is -2.35. The van der Waals surface area contributed by atoms with E-state index >= 15 is 0 Å². The van der Waals surface area contributed by atoms with Crippen LogP contribution < -0.4 is 5.32 Å². The highest BCUT2D eigenvalue weighted by molar-refractivity contribution is 5.98. The standard InChI is InChI=1S/C18H21FN2O4/c1-25-18(24)11-6-7-15(14(19)8-11)20-17(23)12-9-16(22)21(10-12)13-4-2-3-5-13/h6-8,12-13H,2-5,9-10H2,1H3,(H,20,23)/t12-/m1/s1. The number of methoxy groups -OCH3 is 1. The highest BCUT2D eigenvalue weighted by atomic mass is 19.1. The molecular weight excluding hydrogens is 327 g/mol. The number of amides is 2. The SMILES string of the molecule is COC(=O)c1ccc(NC(=O)[C@@H]2CC(=O)N(C3CCCC3)C2)c(F)c1. The maximum atomic E-state index is 14.1. The molecule has 6 nitrogen and oxygen atoms in total. The molecule has 1 aliphatic heterocycles. The quantitative estimate of drug-likeness (QED) is 0.848. The molecule has 0 radical (unpaired) electrons. The van der Waals surface area contributed by atoms with E-state index in [4.69, 9.17) is 0 Å². The fourth-order valence-electron chi connectivity index (χ4n) is 3.57. The van der Waals surface area contributed by atoms with Crippen LogP contribution in [0.5, 0.6) is 0 Å². The average Bonchev–Trinajstić information content (AvgIpc) is 3.25. The molecule has 0 bridgehead atoms. The van der Waals surface area contributed by atoms with Crippen molar-refractivity contribution in [1.82, 2.24) is 4.90 Å². The van der Waals surface area contributed by atoms with Gasteiger partial charge in [-0.1, -0.05) is 12.8 Å². The average molecular weight is 348 g/mol. The number of benzene rings is 1. The zero-order valence-electron chi connectivity index (χ0n) is 14.1. The van der Waals surface area contributed by atoms with Crippen LogP contribution in [0.4, 0.5) is 10.1 Å². The number of nitrogens with one attached hydrogen (secondary N) is 1. The molecule has 2 fully saturated rings. The normalized spacial score (nSPS) is 20.8. The molecule has 1 saturated heterocycles. The Bertz CT molecular complexity index is 700. The summed E-state index contributed by atoms with van der Waals surface area (Å²) in [6.45, 7) is 0.386. The third-order valence-electron chi connectivity index (χ3n) is 4.94. The lowest BCUT2D eigenvalue weighted by Gasteiger charge is -2.23. The first kappa shape index (κ1) is 17.4. The van der Waals surface area contributed by atoms with Crippen molar-refractivity contribution < 1.29 is 23.5 Å². The second-order valence-corrected chi connectivity index (χ2v) is 6.56. The first-order valence-electron chi connectivity index (χ1n) is 8.48. The number of carbonyl (C=O) groups is 3. The van der Waals surface area contributed by atoms with E-state index in [2.05, 4.69) is 10.1 Å². The van der Waals surface area contributed by atoms with Crippen LogP contribution in [0.25, 0.3) is 0 Å². The number of carbonyl (C=O) groups excluding carboxylic acids is 3. The van der Waals surface area contributed by atoms with Crippen LogP contribution in [0.15, 0.2) is 18.2 Å². The molecule has 7 heteroatoms. The molecule has 1 saturated carbocycles. The number of hydrogen-bond acceptors (Lipinski definition) is 4. The molecule has 2 aliphatic rings. The molecule has 1 aliphatic carbocycles. The molecule has 0 unspecified atom stereocenters. The van der Waals surface area contributed by atoms with Crippen LogP contribution in [-0.4, -0.2) is 42.4 Å². The number of likely N-dealkylation sites (tertiary alicyclic amines) is 1. The number of ether oxygens (including phenoxy) is 1. The Labute approximate surface area is 145 Å². The van der Waals surface area contributed by atoms with E-state index in [1.54, 1.807) is 4.90 Å². The molecule has 1 atom stereocenters. The van der Waals surface area contributed by atoms with Crippen LogP contribution in [0, 0.1) is 11.7 Å². The fourth-order valence-corrected chi connectivity index (χ4v) is 3.57. The summed E-state index contributed by atoms with van der Waals surface area (Å²) in [6.07, 6.45) is 4.36. The summed E-state index contributed by atoms with van der Waals surface area (Å²) < 4.78 is 18.6. The fraction of sp³-hybridized carbons (Fsp3) is 0.500. The van der Waals surface area contributed by atoms with E-state index in [1.165, 1.54) is 19.2 Å². The van der Waals surface area contributed by atoms with Crippen molar-refractivity contribution in [3.05, 3.63) is 29.6 Å². The highest BCUT2D eigenvalue weighted by Crippen LogP contribution is 2.30. The van der Waals surface area contributed by atoms with Crippen molar-refractivity contribution in [2.45, 2.75) is 38.1 Å². The van der Waals surface area contributed by atoms with Gasteiger partial charge in [0.15, 0.2) is 0 Å². The van der Waals surface area contributed by atoms with Gasteiger partial charge >= 0.3 is 5.97 Å². The summed E-state index contributed by atoms with van der Waals surface area (Å²) in [5, 5.41) is 2.52. The molecule has 1 N–H and O–H groups in total. The molecule has 2 amide bonds. The van der Waals surface area contributed by atoms with Crippen molar-refractivity contribution in [1.29, 1.82) is 0 Å². The van der Waals surface area contributed by atoms with E-state index in [0.717, 1.165) is 31.7 Å². The first-order valence-corrected chi connectivity index (χ1v) is 8.48. The zero-order valence-corrected chi connectivity index (χ0v) is 14.1. The maximum Gasteiger partial charge on any atom is 0.337 e. The minimum absolute atomic E-state index is 0.00596. The van der Waals surface area contributed by atoms with Crippen LogP contribution >= 0.6 is 0 Å². The molecule has 1 aromatic carbocycles. The van der Waals surface area contributed by atoms with Gasteiger partial charge in [0.1, 0.15) is 5.82 Å².